The predicted molar refractivity (Wildman–Crippen MR) is 59.1 cm³/mol. The van der Waals surface area contributed by atoms with Gasteiger partial charge in [0.05, 0.1) is 0 Å². The van der Waals surface area contributed by atoms with Gasteiger partial charge in [0.2, 0.25) is 0 Å². The molecule has 0 bridgehead atoms. The van der Waals surface area contributed by atoms with Crippen molar-refractivity contribution in [2.24, 2.45) is 11.7 Å². The second-order valence-corrected chi connectivity index (χ2v) is 5.23. The monoisotopic (exact) mass is 200 g/mol. The van der Waals surface area contributed by atoms with Crippen molar-refractivity contribution in [2.75, 3.05) is 26.2 Å². The van der Waals surface area contributed by atoms with Crippen LogP contribution in [0, 0.1) is 5.92 Å². The standard InChI is InChI=1S/C11H24N2O/c1-11(2,12)5-7-13-6-3-4-10(8-13)9-14/h10,14H,3-9,12H2,1-2H3. The summed E-state index contributed by atoms with van der Waals surface area (Å²) < 4.78 is 0. The number of likely N-dealkylation sites (tertiary alicyclic amines) is 1. The Labute approximate surface area is 87.3 Å². The third kappa shape index (κ3) is 4.40. The zero-order chi connectivity index (χ0) is 10.6. The van der Waals surface area contributed by atoms with Crippen molar-refractivity contribution >= 4 is 0 Å². The van der Waals surface area contributed by atoms with Crippen LogP contribution in [0.3, 0.4) is 0 Å². The molecule has 0 aromatic carbocycles. The molecule has 3 N–H and O–H groups in total. The molecule has 1 heterocycles. The molecule has 3 nitrogen and oxygen atoms in total. The van der Waals surface area contributed by atoms with Crippen LogP contribution in [0.15, 0.2) is 0 Å². The second-order valence-electron chi connectivity index (χ2n) is 5.23. The van der Waals surface area contributed by atoms with Crippen LogP contribution in [-0.4, -0.2) is 41.8 Å². The number of nitrogens with two attached hydrogens (primary N) is 1. The van der Waals surface area contributed by atoms with Crippen molar-refractivity contribution < 1.29 is 5.11 Å². The maximum absolute atomic E-state index is 9.09. The van der Waals surface area contributed by atoms with Crippen molar-refractivity contribution in [3.8, 4) is 0 Å². The lowest BCUT2D eigenvalue weighted by atomic mass is 9.97. The molecule has 0 saturated carbocycles. The SMILES string of the molecule is CC(C)(N)CCN1CCCC(CO)C1. The zero-order valence-corrected chi connectivity index (χ0v) is 9.50. The Morgan fingerprint density at radius 3 is 2.79 bits per heavy atom. The fourth-order valence-corrected chi connectivity index (χ4v) is 1.95. The van der Waals surface area contributed by atoms with E-state index in [1.807, 2.05) is 0 Å². The predicted octanol–water partition coefficient (Wildman–Crippen LogP) is 0.818. The molecule has 1 fully saturated rings. The van der Waals surface area contributed by atoms with E-state index >= 15 is 0 Å². The summed E-state index contributed by atoms with van der Waals surface area (Å²) in [6.45, 7) is 7.77. The Bertz CT molecular complexity index is 165. The van der Waals surface area contributed by atoms with Crippen LogP contribution in [0.5, 0.6) is 0 Å². The molecule has 84 valence electrons. The van der Waals surface area contributed by atoms with E-state index in [4.69, 9.17) is 10.8 Å². The van der Waals surface area contributed by atoms with Crippen LogP contribution >= 0.6 is 0 Å². The Morgan fingerprint density at radius 2 is 2.21 bits per heavy atom. The van der Waals surface area contributed by atoms with Gasteiger partial charge in [0, 0.05) is 18.7 Å². The highest BCUT2D eigenvalue weighted by Gasteiger charge is 2.20. The minimum absolute atomic E-state index is 0.0633. The molecule has 0 aromatic heterocycles. The summed E-state index contributed by atoms with van der Waals surface area (Å²) in [7, 11) is 0. The minimum atomic E-state index is -0.0633. The highest BCUT2D eigenvalue weighted by molar-refractivity contribution is 4.77. The van der Waals surface area contributed by atoms with Gasteiger partial charge in [-0.1, -0.05) is 0 Å². The van der Waals surface area contributed by atoms with Crippen LogP contribution in [-0.2, 0) is 0 Å². The fraction of sp³-hybridized carbons (Fsp3) is 1.00. The molecule has 1 aliphatic rings. The molecular formula is C11H24N2O. The van der Waals surface area contributed by atoms with E-state index in [9.17, 15) is 0 Å². The topological polar surface area (TPSA) is 49.5 Å². The van der Waals surface area contributed by atoms with E-state index in [1.165, 1.54) is 19.4 Å². The average Bonchev–Trinajstić information content (AvgIpc) is 2.14. The highest BCUT2D eigenvalue weighted by Crippen LogP contribution is 2.17. The van der Waals surface area contributed by atoms with E-state index in [0.29, 0.717) is 12.5 Å². The van der Waals surface area contributed by atoms with Crippen molar-refractivity contribution in [2.45, 2.75) is 38.6 Å². The Kier molecular flexibility index (Phi) is 4.35. The molecule has 0 spiro atoms. The van der Waals surface area contributed by atoms with Crippen LogP contribution in [0.4, 0.5) is 0 Å². The average molecular weight is 200 g/mol. The van der Waals surface area contributed by atoms with E-state index in [0.717, 1.165) is 19.5 Å². The molecular weight excluding hydrogens is 176 g/mol. The lowest BCUT2D eigenvalue weighted by Crippen LogP contribution is -2.42. The number of piperidine rings is 1. The van der Waals surface area contributed by atoms with Gasteiger partial charge in [-0.15, -0.1) is 0 Å². The maximum atomic E-state index is 9.09. The molecule has 1 rings (SSSR count). The van der Waals surface area contributed by atoms with Gasteiger partial charge < -0.3 is 15.7 Å². The first-order valence-electron chi connectivity index (χ1n) is 5.63. The van der Waals surface area contributed by atoms with Gasteiger partial charge in [-0.05, 0) is 52.1 Å². The van der Waals surface area contributed by atoms with Crippen molar-refractivity contribution in [1.29, 1.82) is 0 Å². The lowest BCUT2D eigenvalue weighted by Gasteiger charge is -2.33. The van der Waals surface area contributed by atoms with Crippen LogP contribution in [0.25, 0.3) is 0 Å². The van der Waals surface area contributed by atoms with Gasteiger partial charge in [-0.2, -0.15) is 0 Å². The molecule has 3 heteroatoms. The van der Waals surface area contributed by atoms with Crippen LogP contribution in [0.1, 0.15) is 33.1 Å². The normalized spacial score (nSPS) is 25.3. The van der Waals surface area contributed by atoms with Crippen molar-refractivity contribution in [3.63, 3.8) is 0 Å². The van der Waals surface area contributed by atoms with Crippen molar-refractivity contribution in [1.82, 2.24) is 4.90 Å². The van der Waals surface area contributed by atoms with E-state index in [-0.39, 0.29) is 5.54 Å². The van der Waals surface area contributed by atoms with E-state index < -0.39 is 0 Å². The van der Waals surface area contributed by atoms with E-state index in [2.05, 4.69) is 18.7 Å². The van der Waals surface area contributed by atoms with Crippen molar-refractivity contribution in [3.05, 3.63) is 0 Å². The Hall–Kier alpha value is -0.120. The lowest BCUT2D eigenvalue weighted by molar-refractivity contribution is 0.115. The zero-order valence-electron chi connectivity index (χ0n) is 9.50. The minimum Gasteiger partial charge on any atom is -0.396 e. The summed E-state index contributed by atoms with van der Waals surface area (Å²) >= 11 is 0. The number of nitrogens with zero attached hydrogens (tertiary/aromatic N) is 1. The first kappa shape index (κ1) is 12.0. The van der Waals surface area contributed by atoms with Gasteiger partial charge in [0.15, 0.2) is 0 Å². The maximum Gasteiger partial charge on any atom is 0.0471 e. The summed E-state index contributed by atoms with van der Waals surface area (Å²) in [6.07, 6.45) is 3.43. The van der Waals surface area contributed by atoms with Gasteiger partial charge in [-0.3, -0.25) is 0 Å². The number of hydrogen-bond acceptors (Lipinski definition) is 3. The third-order valence-electron chi connectivity index (χ3n) is 2.93. The highest BCUT2D eigenvalue weighted by atomic mass is 16.3. The first-order chi connectivity index (χ1) is 6.51. The first-order valence-corrected chi connectivity index (χ1v) is 5.63. The molecule has 1 unspecified atom stereocenters. The van der Waals surface area contributed by atoms with Gasteiger partial charge in [0.1, 0.15) is 0 Å². The Morgan fingerprint density at radius 1 is 1.50 bits per heavy atom. The second kappa shape index (κ2) is 5.10. The molecule has 1 saturated heterocycles. The summed E-state index contributed by atoms with van der Waals surface area (Å²) in [5.74, 6) is 0.490. The third-order valence-corrected chi connectivity index (χ3v) is 2.93. The fourth-order valence-electron chi connectivity index (χ4n) is 1.95. The number of hydrogen-bond donors (Lipinski definition) is 2. The number of aliphatic hydroxyl groups excluding tert-OH is 1. The molecule has 1 atom stereocenters. The van der Waals surface area contributed by atoms with Crippen LogP contribution in [0.2, 0.25) is 0 Å². The molecule has 0 radical (unpaired) electrons. The summed E-state index contributed by atoms with van der Waals surface area (Å²) in [4.78, 5) is 2.43. The quantitative estimate of drug-likeness (QED) is 0.706. The largest absolute Gasteiger partial charge is 0.396 e. The molecule has 14 heavy (non-hydrogen) atoms. The Balaban J connectivity index is 2.24. The molecule has 0 aromatic rings. The number of aliphatic hydroxyl groups is 1. The summed E-state index contributed by atoms with van der Waals surface area (Å²) in [5, 5.41) is 9.09. The van der Waals surface area contributed by atoms with Crippen LogP contribution < -0.4 is 5.73 Å². The molecule has 0 amide bonds. The summed E-state index contributed by atoms with van der Waals surface area (Å²) in [5.41, 5.74) is 5.88. The van der Waals surface area contributed by atoms with Gasteiger partial charge in [-0.25, -0.2) is 0 Å². The summed E-state index contributed by atoms with van der Waals surface area (Å²) in [6, 6.07) is 0. The van der Waals surface area contributed by atoms with Gasteiger partial charge >= 0.3 is 0 Å². The molecule has 0 aliphatic carbocycles. The van der Waals surface area contributed by atoms with Gasteiger partial charge in [0.25, 0.3) is 0 Å². The van der Waals surface area contributed by atoms with E-state index in [1.54, 1.807) is 0 Å². The smallest absolute Gasteiger partial charge is 0.0471 e. The number of rotatable bonds is 4. The molecule has 1 aliphatic heterocycles.